The van der Waals surface area contributed by atoms with Crippen LogP contribution in [0, 0.1) is 0 Å². The summed E-state index contributed by atoms with van der Waals surface area (Å²) in [5.41, 5.74) is 2.50. The van der Waals surface area contributed by atoms with Crippen molar-refractivity contribution in [2.24, 2.45) is 0 Å². The average Bonchev–Trinajstić information content (AvgIpc) is 2.98. The lowest BCUT2D eigenvalue weighted by Gasteiger charge is -2.25. The summed E-state index contributed by atoms with van der Waals surface area (Å²) in [6.45, 7) is 1.00. The molecule has 1 amide bonds. The minimum atomic E-state index is -0.381. The minimum Gasteiger partial charge on any atom is -0.408 e. The Balaban J connectivity index is 1.52. The Morgan fingerprint density at radius 2 is 1.81 bits per heavy atom. The third kappa shape index (κ3) is 4.65. The van der Waals surface area contributed by atoms with Gasteiger partial charge in [-0.25, -0.2) is 4.79 Å². The molecule has 0 bridgehead atoms. The van der Waals surface area contributed by atoms with Crippen LogP contribution in [-0.4, -0.2) is 36.0 Å². The van der Waals surface area contributed by atoms with E-state index in [9.17, 15) is 9.59 Å². The predicted molar refractivity (Wildman–Crippen MR) is 106 cm³/mol. The van der Waals surface area contributed by atoms with Gasteiger partial charge in [0.1, 0.15) is 0 Å². The molecule has 0 unspecified atom stereocenters. The Morgan fingerprint density at radius 3 is 2.56 bits per heavy atom. The van der Waals surface area contributed by atoms with Crippen LogP contribution in [0.25, 0.3) is 11.1 Å². The molecule has 6 heteroatoms. The minimum absolute atomic E-state index is 0.0152. The van der Waals surface area contributed by atoms with E-state index >= 15 is 0 Å². The lowest BCUT2D eigenvalue weighted by atomic mass is 10.1. The Labute approximate surface area is 158 Å². The van der Waals surface area contributed by atoms with Gasteiger partial charge in [-0.05, 0) is 38.2 Å². The number of para-hydroxylation sites is 2. The molecule has 142 valence electrons. The van der Waals surface area contributed by atoms with Crippen LogP contribution in [0.2, 0.25) is 0 Å². The van der Waals surface area contributed by atoms with Gasteiger partial charge in [0, 0.05) is 19.5 Å². The van der Waals surface area contributed by atoms with Crippen molar-refractivity contribution in [1.29, 1.82) is 0 Å². The van der Waals surface area contributed by atoms with E-state index in [0.717, 1.165) is 5.52 Å². The van der Waals surface area contributed by atoms with Crippen molar-refractivity contribution in [3.63, 3.8) is 0 Å². The largest absolute Gasteiger partial charge is 0.419 e. The number of oxazole rings is 1. The van der Waals surface area contributed by atoms with Gasteiger partial charge in [-0.3, -0.25) is 9.36 Å². The molecule has 0 saturated heterocycles. The molecule has 3 aromatic rings. The van der Waals surface area contributed by atoms with Gasteiger partial charge < -0.3 is 14.6 Å². The van der Waals surface area contributed by atoms with E-state index in [2.05, 4.69) is 22.3 Å². The maximum absolute atomic E-state index is 12.2. The highest BCUT2D eigenvalue weighted by molar-refractivity contribution is 5.76. The van der Waals surface area contributed by atoms with Gasteiger partial charge in [0.25, 0.3) is 0 Å². The lowest BCUT2D eigenvalue weighted by molar-refractivity contribution is -0.121. The highest BCUT2D eigenvalue weighted by atomic mass is 16.4. The fourth-order valence-electron chi connectivity index (χ4n) is 3.20. The van der Waals surface area contributed by atoms with Gasteiger partial charge in [0.15, 0.2) is 5.58 Å². The maximum atomic E-state index is 12.2. The smallest absolute Gasteiger partial charge is 0.408 e. The highest BCUT2D eigenvalue weighted by Crippen LogP contribution is 2.17. The molecule has 1 N–H and O–H groups in total. The molecule has 0 spiro atoms. The van der Waals surface area contributed by atoms with Gasteiger partial charge >= 0.3 is 5.76 Å². The molecule has 1 heterocycles. The summed E-state index contributed by atoms with van der Waals surface area (Å²) in [6.07, 6.45) is 0.939. The molecule has 27 heavy (non-hydrogen) atoms. The lowest BCUT2D eigenvalue weighted by Crippen LogP contribution is -2.34. The van der Waals surface area contributed by atoms with Crippen molar-refractivity contribution in [2.45, 2.75) is 25.4 Å². The van der Waals surface area contributed by atoms with Gasteiger partial charge in [0.05, 0.1) is 11.6 Å². The zero-order chi connectivity index (χ0) is 19.2. The van der Waals surface area contributed by atoms with Crippen molar-refractivity contribution in [3.05, 3.63) is 70.7 Å². The molecule has 0 saturated carbocycles. The first-order valence-corrected chi connectivity index (χ1v) is 9.12. The molecule has 1 aromatic heterocycles. The third-order valence-corrected chi connectivity index (χ3v) is 4.66. The molecule has 0 aliphatic rings. The summed E-state index contributed by atoms with van der Waals surface area (Å²) in [4.78, 5) is 26.3. The number of aromatic nitrogens is 1. The monoisotopic (exact) mass is 367 g/mol. The quantitative estimate of drug-likeness (QED) is 0.665. The Hall–Kier alpha value is -2.86. The number of hydrogen-bond acceptors (Lipinski definition) is 4. The van der Waals surface area contributed by atoms with Crippen LogP contribution in [0.5, 0.6) is 0 Å². The van der Waals surface area contributed by atoms with Crippen LogP contribution in [0.3, 0.4) is 0 Å². The van der Waals surface area contributed by atoms with E-state index in [0.29, 0.717) is 31.5 Å². The van der Waals surface area contributed by atoms with E-state index in [1.807, 2.05) is 50.5 Å². The van der Waals surface area contributed by atoms with Gasteiger partial charge in [-0.15, -0.1) is 0 Å². The first-order chi connectivity index (χ1) is 13.1. The fourth-order valence-corrected chi connectivity index (χ4v) is 3.20. The van der Waals surface area contributed by atoms with Gasteiger partial charge in [-0.2, -0.15) is 0 Å². The van der Waals surface area contributed by atoms with Crippen molar-refractivity contribution >= 4 is 17.0 Å². The number of benzene rings is 2. The number of likely N-dealkylation sites (N-methyl/N-ethyl adjacent to an activating group) is 1. The fraction of sp³-hybridized carbons (Fsp3) is 0.333. The number of amides is 1. The topological polar surface area (TPSA) is 67.5 Å². The summed E-state index contributed by atoms with van der Waals surface area (Å²) in [5.74, 6) is -0.396. The first kappa shape index (κ1) is 18.9. The molecule has 2 aromatic carbocycles. The summed E-state index contributed by atoms with van der Waals surface area (Å²) in [7, 11) is 4.00. The van der Waals surface area contributed by atoms with E-state index in [1.165, 1.54) is 5.56 Å². The van der Waals surface area contributed by atoms with Crippen molar-refractivity contribution in [1.82, 2.24) is 14.8 Å². The standard InChI is InChI=1S/C21H25N3O3/c1-23(2)18(16-9-4-3-5-10-16)15-22-20(25)13-8-14-24-17-11-6-7-12-19(17)27-21(24)26/h3-7,9-12,18H,8,13-15H2,1-2H3,(H,22,25)/t18-/m1/s1. The molecular weight excluding hydrogens is 342 g/mol. The number of carbonyl (C=O) groups is 1. The maximum Gasteiger partial charge on any atom is 0.419 e. The second kappa shape index (κ2) is 8.68. The second-order valence-electron chi connectivity index (χ2n) is 6.79. The third-order valence-electron chi connectivity index (χ3n) is 4.66. The number of nitrogens with zero attached hydrogens (tertiary/aromatic N) is 2. The first-order valence-electron chi connectivity index (χ1n) is 9.12. The molecular formula is C21H25N3O3. The summed E-state index contributed by atoms with van der Waals surface area (Å²) in [6, 6.07) is 17.5. The van der Waals surface area contributed by atoms with Crippen molar-refractivity contribution < 1.29 is 9.21 Å². The molecule has 1 atom stereocenters. The number of rotatable bonds is 8. The normalized spacial score (nSPS) is 12.4. The number of hydrogen-bond donors (Lipinski definition) is 1. The molecule has 0 aliphatic heterocycles. The van der Waals surface area contributed by atoms with Crippen LogP contribution < -0.4 is 11.1 Å². The number of carbonyl (C=O) groups excluding carboxylic acids is 1. The van der Waals surface area contributed by atoms with Crippen LogP contribution in [0.4, 0.5) is 0 Å². The second-order valence-corrected chi connectivity index (χ2v) is 6.79. The Morgan fingerprint density at radius 1 is 1.11 bits per heavy atom. The van der Waals surface area contributed by atoms with Crippen LogP contribution in [0.1, 0.15) is 24.4 Å². The molecule has 3 rings (SSSR count). The van der Waals surface area contributed by atoms with Crippen LogP contribution >= 0.6 is 0 Å². The number of aryl methyl sites for hydroxylation is 1. The predicted octanol–water partition coefficient (Wildman–Crippen LogP) is 2.79. The van der Waals surface area contributed by atoms with Gasteiger partial charge in [-0.1, -0.05) is 42.5 Å². The number of nitrogens with one attached hydrogen (secondary N) is 1. The molecule has 0 radical (unpaired) electrons. The average molecular weight is 367 g/mol. The zero-order valence-corrected chi connectivity index (χ0v) is 15.7. The van der Waals surface area contributed by atoms with Crippen LogP contribution in [0.15, 0.2) is 63.8 Å². The SMILES string of the molecule is CN(C)[C@H](CNC(=O)CCCn1c(=O)oc2ccccc21)c1ccccc1. The summed E-state index contributed by atoms with van der Waals surface area (Å²) >= 11 is 0. The highest BCUT2D eigenvalue weighted by Gasteiger charge is 2.15. The molecule has 0 aliphatic carbocycles. The zero-order valence-electron chi connectivity index (χ0n) is 15.7. The molecule has 0 fully saturated rings. The molecule has 6 nitrogen and oxygen atoms in total. The van der Waals surface area contributed by atoms with E-state index in [-0.39, 0.29) is 17.7 Å². The van der Waals surface area contributed by atoms with Gasteiger partial charge in [0.2, 0.25) is 5.91 Å². The van der Waals surface area contributed by atoms with E-state index in [4.69, 9.17) is 4.42 Å². The summed E-state index contributed by atoms with van der Waals surface area (Å²) < 4.78 is 6.79. The van der Waals surface area contributed by atoms with Crippen LogP contribution in [-0.2, 0) is 11.3 Å². The van der Waals surface area contributed by atoms with E-state index < -0.39 is 0 Å². The van der Waals surface area contributed by atoms with Crippen molar-refractivity contribution in [3.8, 4) is 0 Å². The summed E-state index contributed by atoms with van der Waals surface area (Å²) in [5, 5.41) is 3.00. The Kier molecular flexibility index (Phi) is 6.08. The van der Waals surface area contributed by atoms with E-state index in [1.54, 1.807) is 10.6 Å². The van der Waals surface area contributed by atoms with Crippen molar-refractivity contribution in [2.75, 3.05) is 20.6 Å². The Bertz CT molecular complexity index is 944. The number of fused-ring (bicyclic) bond motifs is 1.